The van der Waals surface area contributed by atoms with Gasteiger partial charge in [-0.05, 0) is 69.4 Å². The monoisotopic (exact) mass is 582 g/mol. The Morgan fingerprint density at radius 3 is 2.16 bits per heavy atom. The number of likely N-dealkylation sites (N-methyl/N-ethyl adjacent to an activating group) is 2. The second-order valence-electron chi connectivity index (χ2n) is 8.07. The predicted molar refractivity (Wildman–Crippen MR) is 152 cm³/mol. The maximum Gasteiger partial charge on any atom is 0.416 e. The number of carbonyl (C=O) groups is 2. The summed E-state index contributed by atoms with van der Waals surface area (Å²) in [4.78, 5) is 37.1. The fourth-order valence-electron chi connectivity index (χ4n) is 3.58. The molecule has 0 N–H and O–H groups in total. The van der Waals surface area contributed by atoms with Gasteiger partial charge in [-0.15, -0.1) is 0 Å². The van der Waals surface area contributed by atoms with Gasteiger partial charge in [0.05, 0.1) is 21.2 Å². The number of carbonyl (C=O) groups excluding carboxylic acids is 2. The van der Waals surface area contributed by atoms with Crippen molar-refractivity contribution in [2.75, 3.05) is 37.6 Å². The first-order valence-electron chi connectivity index (χ1n) is 11.9. The van der Waals surface area contributed by atoms with Crippen molar-refractivity contribution in [2.24, 2.45) is 0 Å². The van der Waals surface area contributed by atoms with E-state index in [1.807, 2.05) is 6.92 Å². The summed E-state index contributed by atoms with van der Waals surface area (Å²) in [5, 5.41) is 1.48. The molecule has 11 heteroatoms. The van der Waals surface area contributed by atoms with E-state index in [2.05, 4.69) is 23.7 Å². The van der Waals surface area contributed by atoms with E-state index in [0.29, 0.717) is 38.8 Å². The van der Waals surface area contributed by atoms with Crippen molar-refractivity contribution in [3.05, 3.63) is 68.0 Å². The maximum absolute atomic E-state index is 13.7. The Bertz CT molecular complexity index is 1230. The summed E-state index contributed by atoms with van der Waals surface area (Å²) < 4.78 is 5.67. The summed E-state index contributed by atoms with van der Waals surface area (Å²) in [6, 6.07) is 11.4. The second kappa shape index (κ2) is 13.4. The number of hydrogen-bond acceptors (Lipinski definition) is 6. The van der Waals surface area contributed by atoms with E-state index in [4.69, 9.17) is 39.5 Å². The molecule has 0 radical (unpaired) electrons. The third kappa shape index (κ3) is 7.36. The van der Waals surface area contributed by atoms with E-state index in [9.17, 15) is 9.59 Å². The van der Waals surface area contributed by atoms with Gasteiger partial charge in [-0.1, -0.05) is 60.0 Å². The molecule has 0 spiro atoms. The highest BCUT2D eigenvalue weighted by atomic mass is 35.5. The van der Waals surface area contributed by atoms with Crippen LogP contribution in [0.3, 0.4) is 0 Å². The third-order valence-electron chi connectivity index (χ3n) is 5.79. The summed E-state index contributed by atoms with van der Waals surface area (Å²) in [7, 11) is 0. The molecule has 198 valence electrons. The van der Waals surface area contributed by atoms with E-state index in [0.717, 1.165) is 19.6 Å². The van der Waals surface area contributed by atoms with E-state index in [1.54, 1.807) is 48.2 Å². The molecule has 0 aliphatic heterocycles. The van der Waals surface area contributed by atoms with Crippen molar-refractivity contribution >= 4 is 69.0 Å². The molecular weight excluding hydrogens is 555 g/mol. The summed E-state index contributed by atoms with van der Waals surface area (Å²) in [5.41, 5.74) is 0.780. The van der Waals surface area contributed by atoms with Gasteiger partial charge in [0, 0.05) is 29.7 Å². The van der Waals surface area contributed by atoms with Crippen molar-refractivity contribution in [3.8, 4) is 5.88 Å². The quantitative estimate of drug-likeness (QED) is 0.246. The molecular formula is C26H29Cl3N4O3S. The van der Waals surface area contributed by atoms with Gasteiger partial charge in [-0.25, -0.2) is 4.79 Å². The predicted octanol–water partition coefficient (Wildman–Crippen LogP) is 7.55. The fourth-order valence-corrected chi connectivity index (χ4v) is 5.05. The van der Waals surface area contributed by atoms with Crippen molar-refractivity contribution in [1.82, 2.24) is 14.8 Å². The maximum atomic E-state index is 13.7. The Labute approximate surface area is 236 Å². The highest BCUT2D eigenvalue weighted by Crippen LogP contribution is 2.37. The number of halogens is 3. The average Bonchev–Trinajstić information content (AvgIpc) is 3.22. The lowest BCUT2D eigenvalue weighted by molar-refractivity contribution is 0.0999. The van der Waals surface area contributed by atoms with Crippen LogP contribution in [0.1, 0.15) is 36.0 Å². The topological polar surface area (TPSA) is 66.0 Å². The van der Waals surface area contributed by atoms with Gasteiger partial charge in [-0.3, -0.25) is 9.69 Å². The molecule has 0 bridgehead atoms. The minimum absolute atomic E-state index is 0.153. The minimum Gasteiger partial charge on any atom is -0.390 e. The molecule has 0 saturated carbocycles. The molecule has 0 atom stereocenters. The molecule has 2 amide bonds. The lowest BCUT2D eigenvalue weighted by atomic mass is 10.2. The number of thiazole rings is 1. The van der Waals surface area contributed by atoms with Gasteiger partial charge in [0.2, 0.25) is 11.0 Å². The second-order valence-corrected chi connectivity index (χ2v) is 10.5. The largest absolute Gasteiger partial charge is 0.416 e. The van der Waals surface area contributed by atoms with Crippen LogP contribution in [0, 0.1) is 6.92 Å². The lowest BCUT2D eigenvalue weighted by Gasteiger charge is -2.24. The Kier molecular flexibility index (Phi) is 10.6. The minimum atomic E-state index is -0.486. The van der Waals surface area contributed by atoms with Crippen LogP contribution < -0.4 is 9.64 Å². The van der Waals surface area contributed by atoms with E-state index in [1.165, 1.54) is 22.3 Å². The number of amides is 2. The first kappa shape index (κ1) is 29.2. The molecule has 0 unspecified atom stereocenters. The summed E-state index contributed by atoms with van der Waals surface area (Å²) in [6.45, 7) is 11.5. The fraction of sp³-hybridized carbons (Fsp3) is 0.346. The first-order valence-corrected chi connectivity index (χ1v) is 13.8. The molecule has 7 nitrogen and oxygen atoms in total. The molecule has 0 fully saturated rings. The Hall–Kier alpha value is -2.36. The molecule has 0 aliphatic rings. The summed E-state index contributed by atoms with van der Waals surface area (Å²) in [6.07, 6.45) is -0.486. The number of aromatic nitrogens is 1. The molecule has 2 aromatic carbocycles. The van der Waals surface area contributed by atoms with Crippen LogP contribution in [0.15, 0.2) is 42.5 Å². The first-order chi connectivity index (χ1) is 17.7. The standard InChI is InChI=1S/C26H29Cl3N4O3S/c1-5-31(6-2)14-15-32(7-3)26(35)36-23-17(4)37-25(30-23)33(20-11-8-18(27)9-12-20)24(34)21-13-10-19(28)16-22(21)29/h8-13,16H,5-7,14-15H2,1-4H3. The van der Waals surface area contributed by atoms with E-state index in [-0.39, 0.29) is 16.5 Å². The molecule has 1 aromatic heterocycles. The molecule has 3 aromatic rings. The van der Waals surface area contributed by atoms with Crippen molar-refractivity contribution in [2.45, 2.75) is 27.7 Å². The number of anilines is 2. The number of benzene rings is 2. The van der Waals surface area contributed by atoms with Crippen LogP contribution in [-0.2, 0) is 0 Å². The highest BCUT2D eigenvalue weighted by Gasteiger charge is 2.27. The van der Waals surface area contributed by atoms with Gasteiger partial charge >= 0.3 is 6.09 Å². The summed E-state index contributed by atoms with van der Waals surface area (Å²) in [5.74, 6) is -0.259. The van der Waals surface area contributed by atoms with Gasteiger partial charge in [0.25, 0.3) is 5.91 Å². The van der Waals surface area contributed by atoms with Crippen LogP contribution in [-0.4, -0.2) is 59.5 Å². The number of ether oxygens (including phenoxy) is 1. The third-order valence-corrected chi connectivity index (χ3v) is 7.52. The number of hydrogen-bond donors (Lipinski definition) is 0. The van der Waals surface area contributed by atoms with Crippen LogP contribution in [0.5, 0.6) is 5.88 Å². The molecule has 3 rings (SSSR count). The summed E-state index contributed by atoms with van der Waals surface area (Å²) >= 11 is 19.7. The smallest absolute Gasteiger partial charge is 0.390 e. The lowest BCUT2D eigenvalue weighted by Crippen LogP contribution is -2.40. The SMILES string of the molecule is CCN(CC)CCN(CC)C(=O)Oc1nc(N(C(=O)c2ccc(Cl)cc2Cl)c2ccc(Cl)cc2)sc1C. The Morgan fingerprint density at radius 1 is 0.919 bits per heavy atom. The molecule has 0 saturated heterocycles. The average molecular weight is 584 g/mol. The molecule has 37 heavy (non-hydrogen) atoms. The van der Waals surface area contributed by atoms with E-state index >= 15 is 0 Å². The zero-order valence-corrected chi connectivity index (χ0v) is 24.2. The molecule has 1 heterocycles. The number of rotatable bonds is 10. The number of nitrogens with zero attached hydrogens (tertiary/aromatic N) is 4. The highest BCUT2D eigenvalue weighted by molar-refractivity contribution is 7.16. The van der Waals surface area contributed by atoms with Gasteiger partial charge in [0.1, 0.15) is 0 Å². The van der Waals surface area contributed by atoms with E-state index < -0.39 is 12.0 Å². The Morgan fingerprint density at radius 2 is 1.57 bits per heavy atom. The van der Waals surface area contributed by atoms with Gasteiger partial charge < -0.3 is 14.5 Å². The van der Waals surface area contributed by atoms with Crippen LogP contribution in [0.25, 0.3) is 0 Å². The van der Waals surface area contributed by atoms with Gasteiger partial charge in [0.15, 0.2) is 0 Å². The van der Waals surface area contributed by atoms with Crippen LogP contribution in [0.2, 0.25) is 15.1 Å². The normalized spacial score (nSPS) is 11.0. The van der Waals surface area contributed by atoms with Crippen molar-refractivity contribution in [3.63, 3.8) is 0 Å². The van der Waals surface area contributed by atoms with Gasteiger partial charge in [-0.2, -0.15) is 4.98 Å². The van der Waals surface area contributed by atoms with Crippen molar-refractivity contribution in [1.29, 1.82) is 0 Å². The van der Waals surface area contributed by atoms with Crippen LogP contribution >= 0.6 is 46.1 Å². The number of aryl methyl sites for hydroxylation is 1. The zero-order chi connectivity index (χ0) is 27.1. The zero-order valence-electron chi connectivity index (χ0n) is 21.1. The molecule has 0 aliphatic carbocycles. The van der Waals surface area contributed by atoms with Crippen LogP contribution in [0.4, 0.5) is 15.6 Å². The van der Waals surface area contributed by atoms with Crippen molar-refractivity contribution < 1.29 is 14.3 Å². The Balaban J connectivity index is 1.91.